The molecule has 0 amide bonds. The molecule has 0 atom stereocenters. The van der Waals surface area contributed by atoms with Crippen molar-refractivity contribution in [2.24, 2.45) is 0 Å². The number of hydrogen-bond donors (Lipinski definition) is 0. The first-order valence-electron chi connectivity index (χ1n) is 3.39. The number of hydrogen-bond acceptors (Lipinski definition) is 4. The highest BCUT2D eigenvalue weighted by Crippen LogP contribution is 2.19. The molecule has 0 aliphatic carbocycles. The molecule has 0 spiro atoms. The molecule has 0 aliphatic rings. The second-order valence-corrected chi connectivity index (χ2v) is 4.05. The molecule has 6 heteroatoms. The molecule has 1 aromatic rings. The molecule has 0 fully saturated rings. The van der Waals surface area contributed by atoms with E-state index in [-0.39, 0.29) is 5.88 Å². The molecular formula is C7H7Br2NO3. The summed E-state index contributed by atoms with van der Waals surface area (Å²) in [5.74, 6) is 0.155. The van der Waals surface area contributed by atoms with Crippen molar-refractivity contribution in [2.75, 3.05) is 0 Å². The van der Waals surface area contributed by atoms with Gasteiger partial charge in [0.25, 0.3) is 0 Å². The molecular weight excluding hydrogens is 306 g/mol. The molecule has 0 aromatic carbocycles. The van der Waals surface area contributed by atoms with Gasteiger partial charge in [0.05, 0.1) is 0 Å². The lowest BCUT2D eigenvalue weighted by Gasteiger charge is -2.00. The van der Waals surface area contributed by atoms with Crippen LogP contribution in [0, 0.1) is 21.7 Å². The van der Waals surface area contributed by atoms with Crippen molar-refractivity contribution in [1.29, 1.82) is 0 Å². The summed E-state index contributed by atoms with van der Waals surface area (Å²) < 4.78 is 25.2. The molecule has 0 unspecified atom stereocenters. The zero-order chi connectivity index (χ0) is 9.84. The van der Waals surface area contributed by atoms with Crippen LogP contribution in [-0.4, -0.2) is 4.98 Å². The maximum Gasteiger partial charge on any atom is 0.503 e. The van der Waals surface area contributed by atoms with Crippen molar-refractivity contribution in [3.8, 4) is 5.88 Å². The first-order chi connectivity index (χ1) is 6.13. The van der Waals surface area contributed by atoms with E-state index in [1.807, 2.05) is 13.0 Å². The van der Waals surface area contributed by atoms with Crippen LogP contribution in [0.2, 0.25) is 0 Å². The van der Waals surface area contributed by atoms with Gasteiger partial charge in [0.1, 0.15) is 0 Å². The Morgan fingerprint density at radius 3 is 2.85 bits per heavy atom. The number of halogens is 2. The third-order valence-electron chi connectivity index (χ3n) is 1.34. The second kappa shape index (κ2) is 4.90. The summed E-state index contributed by atoms with van der Waals surface area (Å²) in [6, 6.07) is 1.82. The van der Waals surface area contributed by atoms with Crippen molar-refractivity contribution in [2.45, 2.75) is 12.3 Å². The van der Waals surface area contributed by atoms with Gasteiger partial charge in [-0.05, 0) is 18.6 Å². The minimum atomic E-state index is -3.24. The molecule has 0 radical (unpaired) electrons. The van der Waals surface area contributed by atoms with Crippen LogP contribution in [0.25, 0.3) is 0 Å². The maximum absolute atomic E-state index is 10.3. The van der Waals surface area contributed by atoms with Crippen molar-refractivity contribution in [3.63, 3.8) is 0 Å². The quantitative estimate of drug-likeness (QED) is 0.722. The zero-order valence-corrected chi connectivity index (χ0v) is 9.96. The Morgan fingerprint density at radius 2 is 2.31 bits per heavy atom. The van der Waals surface area contributed by atoms with Crippen LogP contribution in [0.4, 0.5) is 0 Å². The molecule has 1 rings (SSSR count). The standard InChI is InChI=1S/C7H7Br2NO3/c1-5-2-6(3-8)7(10-4-5)13-9(11)12/h2,4H,3H2,1H3. The van der Waals surface area contributed by atoms with E-state index in [0.717, 1.165) is 11.1 Å². The summed E-state index contributed by atoms with van der Waals surface area (Å²) in [6.45, 7) is 1.88. The van der Waals surface area contributed by atoms with E-state index in [4.69, 9.17) is 0 Å². The molecule has 1 aromatic heterocycles. The van der Waals surface area contributed by atoms with E-state index in [9.17, 15) is 8.40 Å². The van der Waals surface area contributed by atoms with Crippen molar-refractivity contribution in [1.82, 2.24) is 4.98 Å². The predicted octanol–water partition coefficient (Wildman–Crippen LogP) is -0.250. The number of pyridine rings is 1. The van der Waals surface area contributed by atoms with Gasteiger partial charge >= 0.3 is 20.7 Å². The fourth-order valence-electron chi connectivity index (χ4n) is 0.842. The Bertz CT molecular complexity index is 293. The molecule has 0 bridgehead atoms. The second-order valence-electron chi connectivity index (χ2n) is 2.38. The van der Waals surface area contributed by atoms with Crippen molar-refractivity contribution < 1.29 is 27.0 Å². The van der Waals surface area contributed by atoms with Gasteiger partial charge in [-0.1, -0.05) is 15.9 Å². The third-order valence-corrected chi connectivity index (χ3v) is 2.52. The van der Waals surface area contributed by atoms with Crippen LogP contribution < -0.4 is 12.2 Å². The average molecular weight is 313 g/mol. The Morgan fingerprint density at radius 1 is 1.62 bits per heavy atom. The molecule has 13 heavy (non-hydrogen) atoms. The Labute approximate surface area is 89.5 Å². The SMILES string of the molecule is Cc1cnc(O[Br+2]([O-])[O-])c(CBr)c1. The van der Waals surface area contributed by atoms with Crippen LogP contribution in [0.3, 0.4) is 0 Å². The lowest BCUT2D eigenvalue weighted by molar-refractivity contribution is -1.62. The summed E-state index contributed by atoms with van der Waals surface area (Å²) in [5, 5.41) is 0.520. The van der Waals surface area contributed by atoms with Gasteiger partial charge in [-0.25, -0.2) is 4.98 Å². The summed E-state index contributed by atoms with van der Waals surface area (Å²) in [4.78, 5) is 3.86. The molecule has 0 saturated heterocycles. The summed E-state index contributed by atoms with van der Waals surface area (Å²) in [7, 11) is 0. The highest BCUT2D eigenvalue weighted by molar-refractivity contribution is 9.08. The number of rotatable bonds is 3. The van der Waals surface area contributed by atoms with Crippen molar-refractivity contribution >= 4 is 15.9 Å². The first kappa shape index (κ1) is 10.9. The summed E-state index contributed by atoms with van der Waals surface area (Å²) in [5.41, 5.74) is 1.70. The minimum Gasteiger partial charge on any atom is -0.361 e. The van der Waals surface area contributed by atoms with Gasteiger partial charge in [-0.3, -0.25) is 0 Å². The average Bonchev–Trinajstić information content (AvgIpc) is 2.07. The van der Waals surface area contributed by atoms with E-state index in [2.05, 4.69) is 24.7 Å². The van der Waals surface area contributed by atoms with Gasteiger partial charge in [0.15, 0.2) is 0 Å². The van der Waals surface area contributed by atoms with Gasteiger partial charge in [-0.15, -0.1) is 3.83 Å². The first-order valence-corrected chi connectivity index (χ1v) is 6.45. The predicted molar refractivity (Wildman–Crippen MR) is 42.2 cm³/mol. The Hall–Kier alpha value is -0.170. The van der Waals surface area contributed by atoms with Gasteiger partial charge in [0.2, 0.25) is 0 Å². The highest BCUT2D eigenvalue weighted by Gasteiger charge is 2.17. The smallest absolute Gasteiger partial charge is 0.361 e. The zero-order valence-electron chi connectivity index (χ0n) is 6.79. The van der Waals surface area contributed by atoms with Gasteiger partial charge < -0.3 is 8.40 Å². The third kappa shape index (κ3) is 3.22. The Balaban J connectivity index is 2.92. The van der Waals surface area contributed by atoms with E-state index < -0.39 is 14.8 Å². The van der Waals surface area contributed by atoms with Gasteiger partial charge in [0, 0.05) is 17.1 Å². The van der Waals surface area contributed by atoms with Crippen molar-refractivity contribution in [3.05, 3.63) is 23.4 Å². The van der Waals surface area contributed by atoms with Gasteiger partial charge in [-0.2, -0.15) is 0 Å². The van der Waals surface area contributed by atoms with Crippen LogP contribution in [0.15, 0.2) is 12.3 Å². The largest absolute Gasteiger partial charge is 0.503 e. The molecule has 0 saturated carbocycles. The molecule has 0 aliphatic heterocycles. The molecule has 1 heterocycles. The lowest BCUT2D eigenvalue weighted by Crippen LogP contribution is -2.37. The van der Waals surface area contributed by atoms with E-state index >= 15 is 0 Å². The van der Waals surface area contributed by atoms with E-state index in [1.54, 1.807) is 6.20 Å². The fourth-order valence-corrected chi connectivity index (χ4v) is 1.79. The van der Waals surface area contributed by atoms with E-state index in [0.29, 0.717) is 5.33 Å². The van der Waals surface area contributed by atoms with Crippen LogP contribution in [-0.2, 0) is 5.33 Å². The summed E-state index contributed by atoms with van der Waals surface area (Å²) >= 11 is -0.0152. The number of aryl methyl sites for hydroxylation is 1. The highest BCUT2D eigenvalue weighted by atomic mass is 80.0. The fraction of sp³-hybridized carbons (Fsp3) is 0.286. The molecule has 4 nitrogen and oxygen atoms in total. The van der Waals surface area contributed by atoms with Crippen LogP contribution in [0.5, 0.6) is 5.88 Å². The lowest BCUT2D eigenvalue weighted by atomic mass is 10.2. The topological polar surface area (TPSA) is 68.2 Å². The van der Waals surface area contributed by atoms with Crippen LogP contribution >= 0.6 is 15.9 Å². The maximum atomic E-state index is 10.3. The number of nitrogens with zero attached hydrogens (tertiary/aromatic N) is 1. The molecule has 0 N–H and O–H groups in total. The Kier molecular flexibility index (Phi) is 4.11. The molecule has 72 valence electrons. The number of alkyl halides is 1. The number of aromatic nitrogens is 1. The minimum absolute atomic E-state index is 0.155. The van der Waals surface area contributed by atoms with E-state index in [1.165, 1.54) is 0 Å². The van der Waals surface area contributed by atoms with Crippen LogP contribution in [0.1, 0.15) is 11.1 Å². The summed E-state index contributed by atoms with van der Waals surface area (Å²) in [6.07, 6.45) is 1.56. The monoisotopic (exact) mass is 311 g/mol. The normalized spacial score (nSPS) is 10.5.